The number of benzene rings is 2. The summed E-state index contributed by atoms with van der Waals surface area (Å²) in [4.78, 5) is 0.298. The molecule has 0 bridgehead atoms. The van der Waals surface area contributed by atoms with Gasteiger partial charge in [-0.2, -0.15) is 0 Å². The number of likely N-dealkylation sites (N-methyl/N-ethyl adjacent to an activating group) is 1. The zero-order valence-corrected chi connectivity index (χ0v) is 17.3. The summed E-state index contributed by atoms with van der Waals surface area (Å²) < 4.78 is 42.9. The van der Waals surface area contributed by atoms with Gasteiger partial charge in [0.15, 0.2) is 11.5 Å². The van der Waals surface area contributed by atoms with E-state index in [1.807, 2.05) is 31.2 Å². The molecular formula is C20H27NO5S. The van der Waals surface area contributed by atoms with E-state index in [0.717, 1.165) is 17.5 Å². The summed E-state index contributed by atoms with van der Waals surface area (Å²) in [5, 5.41) is 0. The number of sulfonamides is 1. The summed E-state index contributed by atoms with van der Waals surface area (Å²) in [6.07, 6.45) is 1.39. The summed E-state index contributed by atoms with van der Waals surface area (Å²) in [6.45, 7) is 2.36. The van der Waals surface area contributed by atoms with Crippen molar-refractivity contribution >= 4 is 10.0 Å². The van der Waals surface area contributed by atoms with Crippen molar-refractivity contribution in [2.45, 2.75) is 24.7 Å². The van der Waals surface area contributed by atoms with Crippen LogP contribution in [0.25, 0.3) is 0 Å². The van der Waals surface area contributed by atoms with Crippen molar-refractivity contribution in [2.24, 2.45) is 0 Å². The van der Waals surface area contributed by atoms with Crippen LogP contribution in [0.15, 0.2) is 41.3 Å². The first-order valence-corrected chi connectivity index (χ1v) is 10.2. The normalized spacial score (nSPS) is 11.5. The number of aryl methyl sites for hydroxylation is 1. The lowest BCUT2D eigenvalue weighted by Crippen LogP contribution is -2.29. The highest BCUT2D eigenvalue weighted by Crippen LogP contribution is 2.38. The minimum atomic E-state index is -3.53. The molecule has 0 saturated heterocycles. The molecule has 2 rings (SSSR count). The van der Waals surface area contributed by atoms with Gasteiger partial charge in [0.25, 0.3) is 0 Å². The van der Waals surface area contributed by atoms with Crippen molar-refractivity contribution in [3.8, 4) is 17.2 Å². The van der Waals surface area contributed by atoms with Gasteiger partial charge >= 0.3 is 0 Å². The van der Waals surface area contributed by atoms with Crippen LogP contribution in [0.5, 0.6) is 17.2 Å². The number of rotatable bonds is 9. The largest absolute Gasteiger partial charge is 0.493 e. The van der Waals surface area contributed by atoms with Crippen molar-refractivity contribution in [3.05, 3.63) is 47.5 Å². The van der Waals surface area contributed by atoms with Crippen LogP contribution in [0.4, 0.5) is 0 Å². The van der Waals surface area contributed by atoms with Crippen molar-refractivity contribution in [3.63, 3.8) is 0 Å². The first-order valence-electron chi connectivity index (χ1n) is 8.71. The Balaban J connectivity index is 2.17. The Morgan fingerprint density at radius 2 is 1.44 bits per heavy atom. The summed E-state index contributed by atoms with van der Waals surface area (Å²) in [7, 11) is 2.70. The van der Waals surface area contributed by atoms with Crippen LogP contribution >= 0.6 is 0 Å². The van der Waals surface area contributed by atoms with Gasteiger partial charge in [-0.3, -0.25) is 0 Å². The van der Waals surface area contributed by atoms with Crippen molar-refractivity contribution in [1.29, 1.82) is 0 Å². The minimum Gasteiger partial charge on any atom is -0.493 e. The van der Waals surface area contributed by atoms with Crippen molar-refractivity contribution in [1.82, 2.24) is 4.31 Å². The summed E-state index contributed by atoms with van der Waals surface area (Å²) in [5.41, 5.74) is 2.00. The van der Waals surface area contributed by atoms with Gasteiger partial charge in [-0.25, -0.2) is 12.7 Å². The average Bonchev–Trinajstić information content (AvgIpc) is 2.70. The van der Waals surface area contributed by atoms with E-state index in [2.05, 4.69) is 0 Å². The first kappa shape index (κ1) is 21.1. The fourth-order valence-electron chi connectivity index (χ4n) is 2.76. The molecule has 0 saturated carbocycles. The summed E-state index contributed by atoms with van der Waals surface area (Å²) in [5.74, 6) is 1.61. The van der Waals surface area contributed by atoms with E-state index in [-0.39, 0.29) is 0 Å². The Hall–Kier alpha value is -2.25. The minimum absolute atomic E-state index is 0.298. The molecule has 0 aliphatic carbocycles. The second-order valence-corrected chi connectivity index (χ2v) is 8.15. The molecule has 0 radical (unpaired) electrons. The Labute approximate surface area is 161 Å². The Morgan fingerprint density at radius 3 is 1.89 bits per heavy atom. The fraction of sp³-hybridized carbons (Fsp3) is 0.400. The number of hydrogen-bond acceptors (Lipinski definition) is 5. The predicted molar refractivity (Wildman–Crippen MR) is 105 cm³/mol. The van der Waals surface area contributed by atoms with Gasteiger partial charge in [-0.05, 0) is 48.2 Å². The zero-order chi connectivity index (χ0) is 20.0. The summed E-state index contributed by atoms with van der Waals surface area (Å²) >= 11 is 0. The van der Waals surface area contributed by atoms with Crippen LogP contribution in [-0.4, -0.2) is 47.6 Å². The second-order valence-electron chi connectivity index (χ2n) is 6.11. The van der Waals surface area contributed by atoms with E-state index in [1.54, 1.807) is 40.5 Å². The molecule has 0 fully saturated rings. The number of ether oxygens (including phenoxy) is 3. The molecule has 0 aromatic heterocycles. The number of hydrogen-bond donors (Lipinski definition) is 0. The Kier molecular flexibility index (Phi) is 7.10. The van der Waals surface area contributed by atoms with Crippen LogP contribution in [-0.2, 0) is 22.9 Å². The third-order valence-corrected chi connectivity index (χ3v) is 6.35. The highest BCUT2D eigenvalue weighted by molar-refractivity contribution is 7.89. The van der Waals surface area contributed by atoms with Crippen molar-refractivity contribution in [2.75, 3.05) is 34.9 Å². The molecule has 27 heavy (non-hydrogen) atoms. The fourth-order valence-corrected chi connectivity index (χ4v) is 3.94. The lowest BCUT2D eigenvalue weighted by atomic mass is 10.1. The Bertz CT molecular complexity index is 837. The lowest BCUT2D eigenvalue weighted by molar-refractivity contribution is 0.323. The zero-order valence-electron chi connectivity index (χ0n) is 16.5. The number of nitrogens with zero attached hydrogens (tertiary/aromatic N) is 1. The predicted octanol–water partition coefficient (Wildman–Crippen LogP) is 3.14. The molecule has 6 nitrogen and oxygen atoms in total. The molecular weight excluding hydrogens is 366 g/mol. The number of methoxy groups -OCH3 is 3. The molecule has 0 atom stereocenters. The van der Waals surface area contributed by atoms with Crippen LogP contribution in [0.1, 0.15) is 18.1 Å². The van der Waals surface area contributed by atoms with Gasteiger partial charge in [-0.1, -0.05) is 19.1 Å². The molecule has 148 valence electrons. The van der Waals surface area contributed by atoms with Crippen LogP contribution < -0.4 is 14.2 Å². The molecule has 0 heterocycles. The molecule has 0 unspecified atom stereocenters. The molecule has 0 spiro atoms. The molecule has 0 aliphatic rings. The van der Waals surface area contributed by atoms with E-state index in [1.165, 1.54) is 4.31 Å². The maximum absolute atomic E-state index is 12.8. The molecule has 0 aliphatic heterocycles. The average molecular weight is 394 g/mol. The maximum atomic E-state index is 12.8. The van der Waals surface area contributed by atoms with E-state index in [4.69, 9.17) is 14.2 Å². The maximum Gasteiger partial charge on any atom is 0.242 e. The van der Waals surface area contributed by atoms with Gasteiger partial charge in [0.1, 0.15) is 0 Å². The third-order valence-electron chi connectivity index (χ3n) is 4.48. The lowest BCUT2D eigenvalue weighted by Gasteiger charge is -2.18. The van der Waals surface area contributed by atoms with Crippen LogP contribution in [0.3, 0.4) is 0 Å². The smallest absolute Gasteiger partial charge is 0.242 e. The van der Waals surface area contributed by atoms with Gasteiger partial charge in [0.2, 0.25) is 15.8 Å². The van der Waals surface area contributed by atoms with Gasteiger partial charge in [-0.15, -0.1) is 0 Å². The van der Waals surface area contributed by atoms with Crippen molar-refractivity contribution < 1.29 is 22.6 Å². The highest BCUT2D eigenvalue weighted by Gasteiger charge is 2.21. The van der Waals surface area contributed by atoms with E-state index in [9.17, 15) is 8.42 Å². The van der Waals surface area contributed by atoms with E-state index in [0.29, 0.717) is 35.1 Å². The third kappa shape index (κ3) is 4.73. The van der Waals surface area contributed by atoms with Gasteiger partial charge in [0.05, 0.1) is 26.2 Å². The SMILES string of the molecule is CCc1ccc(S(=O)(=O)N(C)CCc2cc(OC)c(OC)c(OC)c2)cc1. The molecule has 0 N–H and O–H groups in total. The van der Waals surface area contributed by atoms with Gasteiger partial charge in [0, 0.05) is 13.6 Å². The summed E-state index contributed by atoms with van der Waals surface area (Å²) in [6, 6.07) is 10.7. The molecule has 7 heteroatoms. The monoisotopic (exact) mass is 393 g/mol. The topological polar surface area (TPSA) is 65.1 Å². The van der Waals surface area contributed by atoms with Crippen LogP contribution in [0.2, 0.25) is 0 Å². The standard InChI is InChI=1S/C20H27NO5S/c1-6-15-7-9-17(10-8-15)27(22,23)21(2)12-11-16-13-18(24-3)20(26-5)19(14-16)25-4/h7-10,13-14H,6,11-12H2,1-5H3. The quantitative estimate of drug-likeness (QED) is 0.655. The highest BCUT2D eigenvalue weighted by atomic mass is 32.2. The van der Waals surface area contributed by atoms with E-state index < -0.39 is 10.0 Å². The molecule has 2 aromatic carbocycles. The Morgan fingerprint density at radius 1 is 0.889 bits per heavy atom. The first-order chi connectivity index (χ1) is 12.9. The second kappa shape index (κ2) is 9.10. The van der Waals surface area contributed by atoms with Crippen LogP contribution in [0, 0.1) is 0 Å². The van der Waals surface area contributed by atoms with E-state index >= 15 is 0 Å². The molecule has 0 amide bonds. The van der Waals surface area contributed by atoms with Gasteiger partial charge < -0.3 is 14.2 Å². The molecule has 2 aromatic rings.